The largest absolute Gasteiger partial charge is 0.339 e. The molecule has 2 heteroatoms. The number of thiophene rings is 1. The summed E-state index contributed by atoms with van der Waals surface area (Å²) in [6.45, 7) is 3.45. The van der Waals surface area contributed by atoms with E-state index in [2.05, 4.69) is 24.4 Å². The summed E-state index contributed by atoms with van der Waals surface area (Å²) in [4.78, 5) is 3.03. The van der Waals surface area contributed by atoms with Crippen LogP contribution in [-0.4, -0.2) is 6.04 Å². The van der Waals surface area contributed by atoms with Gasteiger partial charge in [0.15, 0.2) is 0 Å². The maximum Gasteiger partial charge on any atom is 0.111 e. The molecule has 1 heterocycles. The van der Waals surface area contributed by atoms with Crippen molar-refractivity contribution in [1.29, 1.82) is 0 Å². The molecule has 0 atom stereocenters. The van der Waals surface area contributed by atoms with E-state index in [0.717, 1.165) is 29.7 Å². The van der Waals surface area contributed by atoms with Crippen LogP contribution in [0, 0.1) is 30.6 Å². The van der Waals surface area contributed by atoms with Crippen molar-refractivity contribution in [3.63, 3.8) is 0 Å². The van der Waals surface area contributed by atoms with Gasteiger partial charge in [-0.25, -0.2) is 0 Å². The van der Waals surface area contributed by atoms with Crippen molar-refractivity contribution in [2.24, 2.45) is 23.7 Å². The molecular weight excluding hydrogens is 238 g/mol. The molecule has 0 aromatic carbocycles. The second-order valence-electron chi connectivity index (χ2n) is 6.96. The van der Waals surface area contributed by atoms with Crippen molar-refractivity contribution in [2.45, 2.75) is 51.6 Å². The average molecular weight is 262 g/mol. The third kappa shape index (κ3) is 1.94. The third-order valence-corrected chi connectivity index (χ3v) is 6.71. The summed E-state index contributed by atoms with van der Waals surface area (Å²) < 4.78 is 0. The molecule has 18 heavy (non-hydrogen) atoms. The molecule has 5 rings (SSSR count). The fourth-order valence-corrected chi connectivity index (χ4v) is 6.06. The summed E-state index contributed by atoms with van der Waals surface area (Å²) in [7, 11) is 0. The zero-order valence-corrected chi connectivity index (χ0v) is 12.1. The van der Waals surface area contributed by atoms with Crippen molar-refractivity contribution in [1.82, 2.24) is 0 Å². The monoisotopic (exact) mass is 262 g/mol. The zero-order chi connectivity index (χ0) is 12.1. The smallest absolute Gasteiger partial charge is 0.111 e. The summed E-state index contributed by atoms with van der Waals surface area (Å²) in [5, 5.41) is 2.69. The van der Waals surface area contributed by atoms with E-state index in [0.29, 0.717) is 0 Å². The quantitative estimate of drug-likeness (QED) is 0.862. The molecule has 4 aliphatic carbocycles. The highest BCUT2D eigenvalue weighted by Gasteiger charge is 2.49. The summed E-state index contributed by atoms with van der Waals surface area (Å²) in [6, 6.07) is 5.55. The molecular formula is C16H24NS+. The molecule has 4 fully saturated rings. The number of quaternary nitrogens is 1. The van der Waals surface area contributed by atoms with Gasteiger partial charge in [0.1, 0.15) is 6.54 Å². The van der Waals surface area contributed by atoms with Crippen LogP contribution in [0.3, 0.4) is 0 Å². The maximum atomic E-state index is 2.69. The normalized spacial score (nSPS) is 41.5. The molecule has 2 N–H and O–H groups in total. The number of hydrogen-bond acceptors (Lipinski definition) is 1. The molecule has 98 valence electrons. The Morgan fingerprint density at radius 1 is 1.06 bits per heavy atom. The van der Waals surface area contributed by atoms with Crippen LogP contribution >= 0.6 is 11.3 Å². The van der Waals surface area contributed by atoms with E-state index in [1.54, 1.807) is 37.0 Å². The van der Waals surface area contributed by atoms with E-state index in [-0.39, 0.29) is 0 Å². The van der Waals surface area contributed by atoms with Gasteiger partial charge in [-0.3, -0.25) is 0 Å². The molecule has 0 unspecified atom stereocenters. The van der Waals surface area contributed by atoms with Crippen molar-refractivity contribution < 1.29 is 5.32 Å². The zero-order valence-electron chi connectivity index (χ0n) is 11.3. The van der Waals surface area contributed by atoms with Crippen LogP contribution in [0.4, 0.5) is 0 Å². The molecule has 1 nitrogen and oxygen atoms in total. The minimum absolute atomic E-state index is 0.959. The Bertz CT molecular complexity index is 408. The minimum Gasteiger partial charge on any atom is -0.339 e. The van der Waals surface area contributed by atoms with E-state index in [9.17, 15) is 0 Å². The van der Waals surface area contributed by atoms with Gasteiger partial charge >= 0.3 is 0 Å². The van der Waals surface area contributed by atoms with Gasteiger partial charge in [-0.15, -0.1) is 11.3 Å². The van der Waals surface area contributed by atoms with Gasteiger partial charge in [0.25, 0.3) is 0 Å². The predicted octanol–water partition coefficient (Wildman–Crippen LogP) is 2.94. The highest BCUT2D eigenvalue weighted by Crippen LogP contribution is 2.52. The van der Waals surface area contributed by atoms with Crippen molar-refractivity contribution >= 4 is 11.3 Å². The van der Waals surface area contributed by atoms with Crippen LogP contribution in [0.2, 0.25) is 0 Å². The SMILES string of the molecule is Cc1ccc(C[NH2+]C2C3CC4CC(C3)CC2C4)s1. The van der Waals surface area contributed by atoms with Crippen LogP contribution in [0.25, 0.3) is 0 Å². The standard InChI is InChI=1S/C16H23NS/c1-10-2-3-15(18-10)9-17-16-13-5-11-4-12(7-13)8-14(16)6-11/h2-3,11-14,16-17H,4-9H2,1H3/p+1. The third-order valence-electron chi connectivity index (χ3n) is 5.69. The second-order valence-corrected chi connectivity index (χ2v) is 8.33. The van der Waals surface area contributed by atoms with Gasteiger partial charge < -0.3 is 5.32 Å². The summed E-state index contributed by atoms with van der Waals surface area (Å²) >= 11 is 1.98. The van der Waals surface area contributed by atoms with Crippen molar-refractivity contribution in [2.75, 3.05) is 0 Å². The molecule has 0 amide bonds. The molecule has 0 radical (unpaired) electrons. The lowest BCUT2D eigenvalue weighted by atomic mass is 9.54. The van der Waals surface area contributed by atoms with E-state index in [1.165, 1.54) is 11.4 Å². The first-order chi connectivity index (χ1) is 8.78. The van der Waals surface area contributed by atoms with Crippen LogP contribution < -0.4 is 5.32 Å². The first-order valence-electron chi connectivity index (χ1n) is 7.66. The molecule has 0 spiro atoms. The molecule has 4 aliphatic rings. The summed E-state index contributed by atoms with van der Waals surface area (Å²) in [5.41, 5.74) is 0. The van der Waals surface area contributed by atoms with E-state index < -0.39 is 0 Å². The van der Waals surface area contributed by atoms with Crippen LogP contribution in [-0.2, 0) is 6.54 Å². The minimum atomic E-state index is 0.959. The molecule has 4 bridgehead atoms. The topological polar surface area (TPSA) is 16.6 Å². The highest BCUT2D eigenvalue weighted by molar-refractivity contribution is 7.11. The Kier molecular flexibility index (Phi) is 2.77. The van der Waals surface area contributed by atoms with Crippen LogP contribution in [0.15, 0.2) is 12.1 Å². The highest BCUT2D eigenvalue weighted by atomic mass is 32.1. The van der Waals surface area contributed by atoms with Crippen molar-refractivity contribution in [3.8, 4) is 0 Å². The Labute approximate surface area is 114 Å². The second kappa shape index (κ2) is 4.35. The Hall–Kier alpha value is -0.340. The number of aryl methyl sites for hydroxylation is 1. The molecule has 1 aromatic heterocycles. The van der Waals surface area contributed by atoms with Gasteiger partial charge in [-0.05, 0) is 63.0 Å². The van der Waals surface area contributed by atoms with Gasteiger partial charge in [0.2, 0.25) is 0 Å². The van der Waals surface area contributed by atoms with Gasteiger partial charge in [0.05, 0.1) is 10.9 Å². The lowest BCUT2D eigenvalue weighted by molar-refractivity contribution is -0.722. The summed E-state index contributed by atoms with van der Waals surface area (Å²) in [6.07, 6.45) is 7.79. The Morgan fingerprint density at radius 3 is 2.28 bits per heavy atom. The first kappa shape index (κ1) is 11.5. The summed E-state index contributed by atoms with van der Waals surface area (Å²) in [5.74, 6) is 4.34. The van der Waals surface area contributed by atoms with E-state index >= 15 is 0 Å². The Balaban J connectivity index is 1.43. The van der Waals surface area contributed by atoms with E-state index in [1.807, 2.05) is 11.3 Å². The lowest BCUT2D eigenvalue weighted by Crippen LogP contribution is -2.93. The molecule has 1 aromatic rings. The number of rotatable bonds is 3. The number of hydrogen-bond donors (Lipinski definition) is 1. The maximum absolute atomic E-state index is 2.69. The van der Waals surface area contributed by atoms with E-state index in [4.69, 9.17) is 0 Å². The van der Waals surface area contributed by atoms with Crippen LogP contribution in [0.1, 0.15) is 41.9 Å². The van der Waals surface area contributed by atoms with Crippen molar-refractivity contribution in [3.05, 3.63) is 21.9 Å². The Morgan fingerprint density at radius 2 is 1.72 bits per heavy atom. The van der Waals surface area contributed by atoms with Crippen LogP contribution in [0.5, 0.6) is 0 Å². The predicted molar refractivity (Wildman–Crippen MR) is 75.5 cm³/mol. The first-order valence-corrected chi connectivity index (χ1v) is 8.48. The van der Waals surface area contributed by atoms with Gasteiger partial charge in [-0.1, -0.05) is 0 Å². The fraction of sp³-hybridized carbons (Fsp3) is 0.750. The lowest BCUT2D eigenvalue weighted by Gasteiger charge is -2.52. The average Bonchev–Trinajstić information content (AvgIpc) is 2.73. The van der Waals surface area contributed by atoms with Gasteiger partial charge in [-0.2, -0.15) is 0 Å². The molecule has 4 saturated carbocycles. The number of nitrogens with two attached hydrogens (primary N) is 1. The molecule has 0 saturated heterocycles. The molecule has 0 aliphatic heterocycles. The fourth-order valence-electron chi connectivity index (χ4n) is 5.20. The van der Waals surface area contributed by atoms with Gasteiger partial charge in [0, 0.05) is 16.7 Å².